The second-order valence-corrected chi connectivity index (χ2v) is 7.43. The van der Waals surface area contributed by atoms with E-state index < -0.39 is 4.92 Å². The molecule has 0 aliphatic rings. The molecule has 4 rings (SSSR count). The highest BCUT2D eigenvalue weighted by atomic mass is 32.2. The van der Waals surface area contributed by atoms with Crippen LogP contribution in [0.5, 0.6) is 0 Å². The Kier molecular flexibility index (Phi) is 5.58. The highest BCUT2D eigenvalue weighted by Gasteiger charge is 2.16. The summed E-state index contributed by atoms with van der Waals surface area (Å²) in [6.07, 6.45) is 2.99. The van der Waals surface area contributed by atoms with Gasteiger partial charge in [0.25, 0.3) is 5.69 Å². The number of aromatic nitrogens is 4. The van der Waals surface area contributed by atoms with Crippen LogP contribution in [0.2, 0.25) is 0 Å². The quantitative estimate of drug-likeness (QED) is 0.196. The summed E-state index contributed by atoms with van der Waals surface area (Å²) in [7, 11) is 1.60. The van der Waals surface area contributed by atoms with Gasteiger partial charge in [0, 0.05) is 24.9 Å². The molecule has 0 radical (unpaired) electrons. The summed E-state index contributed by atoms with van der Waals surface area (Å²) in [5, 5.41) is 16.3. The molecule has 0 spiro atoms. The van der Waals surface area contributed by atoms with E-state index in [1.54, 1.807) is 30.1 Å². The number of anilines is 1. The number of hydrogen-bond donors (Lipinski definition) is 0. The summed E-state index contributed by atoms with van der Waals surface area (Å²) >= 11 is 1.24. The first kappa shape index (κ1) is 20.4. The van der Waals surface area contributed by atoms with Crippen molar-refractivity contribution in [3.63, 3.8) is 0 Å². The minimum absolute atomic E-state index is 0.0412. The Bertz CT molecular complexity index is 1260. The van der Waals surface area contributed by atoms with Gasteiger partial charge in [-0.1, -0.05) is 11.8 Å². The number of nitro groups is 1. The van der Waals surface area contributed by atoms with Crippen LogP contribution in [0, 0.1) is 15.9 Å². The van der Waals surface area contributed by atoms with Gasteiger partial charge in [-0.15, -0.1) is 0 Å². The molecule has 0 bridgehead atoms. The van der Waals surface area contributed by atoms with Crippen molar-refractivity contribution in [2.45, 2.75) is 5.03 Å². The number of halogens is 1. The maximum atomic E-state index is 13.2. The van der Waals surface area contributed by atoms with Gasteiger partial charge < -0.3 is 4.90 Å². The zero-order chi connectivity index (χ0) is 22.0. The predicted octanol–water partition coefficient (Wildman–Crippen LogP) is 3.62. The fourth-order valence-electron chi connectivity index (χ4n) is 2.88. The van der Waals surface area contributed by atoms with E-state index in [2.05, 4.69) is 15.1 Å². The van der Waals surface area contributed by atoms with Crippen molar-refractivity contribution >= 4 is 40.1 Å². The number of carbonyl (C=O) groups excluding carboxylic acids is 1. The van der Waals surface area contributed by atoms with Crippen molar-refractivity contribution in [3.05, 3.63) is 77.0 Å². The Morgan fingerprint density at radius 3 is 2.55 bits per heavy atom. The molecule has 2 aromatic carbocycles. The average molecular weight is 438 g/mol. The number of thioether (sulfide) groups is 1. The van der Waals surface area contributed by atoms with Gasteiger partial charge in [0.05, 0.1) is 27.9 Å². The Labute approximate surface area is 179 Å². The van der Waals surface area contributed by atoms with Gasteiger partial charge >= 0.3 is 0 Å². The minimum Gasteiger partial charge on any atom is -0.315 e. The number of rotatable bonds is 6. The van der Waals surface area contributed by atoms with Crippen LogP contribution in [0.15, 0.2) is 66.1 Å². The highest BCUT2D eigenvalue weighted by Crippen LogP contribution is 2.27. The van der Waals surface area contributed by atoms with Gasteiger partial charge in [-0.25, -0.2) is 19.0 Å². The molecule has 31 heavy (non-hydrogen) atoms. The molecule has 11 heteroatoms. The van der Waals surface area contributed by atoms with Crippen molar-refractivity contribution < 1.29 is 14.1 Å². The maximum Gasteiger partial charge on any atom is 0.269 e. The van der Waals surface area contributed by atoms with Crippen LogP contribution in [0.4, 0.5) is 15.8 Å². The lowest BCUT2D eigenvalue weighted by Crippen LogP contribution is -2.27. The molecule has 1 amide bonds. The van der Waals surface area contributed by atoms with E-state index in [9.17, 15) is 19.3 Å². The number of amides is 1. The smallest absolute Gasteiger partial charge is 0.269 e. The summed E-state index contributed by atoms with van der Waals surface area (Å²) in [5.74, 6) is -0.445. The molecule has 0 N–H and O–H groups in total. The van der Waals surface area contributed by atoms with Crippen LogP contribution in [0.3, 0.4) is 0 Å². The van der Waals surface area contributed by atoms with Crippen molar-refractivity contribution in [2.75, 3.05) is 17.7 Å². The first-order chi connectivity index (χ1) is 14.9. The number of carbonyl (C=O) groups is 1. The fourth-order valence-corrected chi connectivity index (χ4v) is 3.75. The molecule has 4 aromatic rings. The van der Waals surface area contributed by atoms with E-state index >= 15 is 0 Å². The van der Waals surface area contributed by atoms with E-state index in [1.165, 1.54) is 59.4 Å². The predicted molar refractivity (Wildman–Crippen MR) is 114 cm³/mol. The molecule has 0 saturated carbocycles. The topological polar surface area (TPSA) is 107 Å². The monoisotopic (exact) mass is 438 g/mol. The molecule has 156 valence electrons. The zero-order valence-electron chi connectivity index (χ0n) is 16.2. The van der Waals surface area contributed by atoms with Crippen LogP contribution in [-0.2, 0) is 4.79 Å². The van der Waals surface area contributed by atoms with E-state index in [-0.39, 0.29) is 23.2 Å². The third-order valence-electron chi connectivity index (χ3n) is 4.55. The molecule has 2 heterocycles. The normalized spacial score (nSPS) is 10.9. The fraction of sp³-hybridized carbons (Fsp3) is 0.100. The Balaban J connectivity index is 1.50. The van der Waals surface area contributed by atoms with Crippen molar-refractivity contribution in [3.8, 4) is 5.69 Å². The van der Waals surface area contributed by atoms with Gasteiger partial charge in [0.15, 0.2) is 5.65 Å². The lowest BCUT2D eigenvalue weighted by Gasteiger charge is -2.16. The molecular weight excluding hydrogens is 423 g/mol. The lowest BCUT2D eigenvalue weighted by molar-refractivity contribution is -0.384. The van der Waals surface area contributed by atoms with Crippen LogP contribution in [0.25, 0.3) is 16.7 Å². The summed E-state index contributed by atoms with van der Waals surface area (Å²) in [6.45, 7) is 0. The molecule has 0 fully saturated rings. The first-order valence-electron chi connectivity index (χ1n) is 9.02. The van der Waals surface area contributed by atoms with E-state index in [4.69, 9.17) is 0 Å². The van der Waals surface area contributed by atoms with Crippen molar-refractivity contribution in [1.82, 2.24) is 19.7 Å². The maximum absolute atomic E-state index is 13.2. The SMILES string of the molecule is CN(C(=O)CSc1ncnc2c1cnn2-c1ccc(F)cc1)c1ccc([N+](=O)[O-])cc1. The van der Waals surface area contributed by atoms with E-state index in [1.807, 2.05) is 0 Å². The van der Waals surface area contributed by atoms with Crippen LogP contribution in [-0.4, -0.2) is 43.4 Å². The van der Waals surface area contributed by atoms with E-state index in [0.717, 1.165) is 0 Å². The molecule has 0 unspecified atom stereocenters. The molecule has 0 atom stereocenters. The van der Waals surface area contributed by atoms with Gasteiger partial charge in [-0.2, -0.15) is 5.10 Å². The number of nitrogens with zero attached hydrogens (tertiary/aromatic N) is 6. The Morgan fingerprint density at radius 1 is 1.16 bits per heavy atom. The number of hydrogen-bond acceptors (Lipinski definition) is 7. The van der Waals surface area contributed by atoms with Gasteiger partial charge in [0.2, 0.25) is 5.91 Å². The van der Waals surface area contributed by atoms with E-state index in [0.29, 0.717) is 27.4 Å². The van der Waals surface area contributed by atoms with Gasteiger partial charge in [-0.05, 0) is 36.4 Å². The summed E-state index contributed by atoms with van der Waals surface area (Å²) in [6, 6.07) is 11.6. The number of non-ortho nitro benzene ring substituents is 1. The first-order valence-corrected chi connectivity index (χ1v) is 10.0. The van der Waals surface area contributed by atoms with Crippen LogP contribution >= 0.6 is 11.8 Å². The minimum atomic E-state index is -0.492. The Hall–Kier alpha value is -3.86. The number of benzene rings is 2. The second kappa shape index (κ2) is 8.48. The second-order valence-electron chi connectivity index (χ2n) is 6.46. The molecule has 0 aliphatic carbocycles. The number of nitro benzene ring substituents is 1. The summed E-state index contributed by atoms with van der Waals surface area (Å²) in [4.78, 5) is 32.8. The third kappa shape index (κ3) is 4.21. The lowest BCUT2D eigenvalue weighted by atomic mass is 10.2. The summed E-state index contributed by atoms with van der Waals surface area (Å²) < 4.78 is 14.8. The van der Waals surface area contributed by atoms with Crippen molar-refractivity contribution in [2.24, 2.45) is 0 Å². The average Bonchev–Trinajstić information content (AvgIpc) is 3.22. The largest absolute Gasteiger partial charge is 0.315 e. The molecule has 2 aromatic heterocycles. The highest BCUT2D eigenvalue weighted by molar-refractivity contribution is 8.00. The third-order valence-corrected chi connectivity index (χ3v) is 5.54. The number of fused-ring (bicyclic) bond motifs is 1. The zero-order valence-corrected chi connectivity index (χ0v) is 17.0. The van der Waals surface area contributed by atoms with Gasteiger partial charge in [0.1, 0.15) is 17.2 Å². The van der Waals surface area contributed by atoms with Crippen LogP contribution < -0.4 is 4.90 Å². The molecular formula is C20H15FN6O3S. The molecule has 0 saturated heterocycles. The molecule has 0 aliphatic heterocycles. The van der Waals surface area contributed by atoms with Gasteiger partial charge in [-0.3, -0.25) is 14.9 Å². The Morgan fingerprint density at radius 2 is 1.87 bits per heavy atom. The van der Waals surface area contributed by atoms with Crippen molar-refractivity contribution in [1.29, 1.82) is 0 Å². The summed E-state index contributed by atoms with van der Waals surface area (Å²) in [5.41, 5.74) is 1.70. The molecule has 9 nitrogen and oxygen atoms in total. The van der Waals surface area contributed by atoms with Crippen LogP contribution in [0.1, 0.15) is 0 Å². The standard InChI is InChI=1S/C20H15FN6O3S/c1-25(14-6-8-16(9-7-14)27(29)30)18(28)11-31-20-17-10-24-26(19(17)22-12-23-20)15-4-2-13(21)3-5-15/h2-10,12H,11H2,1H3.